The highest BCUT2D eigenvalue weighted by molar-refractivity contribution is 6.09. The van der Waals surface area contributed by atoms with Crippen LogP contribution in [0.3, 0.4) is 0 Å². The number of nitrogens with one attached hydrogen (secondary N) is 3. The molecule has 0 aliphatic heterocycles. The van der Waals surface area contributed by atoms with E-state index in [4.69, 9.17) is 0 Å². The molecule has 3 N–H and O–H groups in total. The van der Waals surface area contributed by atoms with Gasteiger partial charge in [-0.05, 0) is 25.1 Å². The van der Waals surface area contributed by atoms with Crippen molar-refractivity contribution in [2.24, 2.45) is 0 Å². The summed E-state index contributed by atoms with van der Waals surface area (Å²) in [5.41, 5.74) is 0.968. The number of anilines is 1. The van der Waals surface area contributed by atoms with Crippen molar-refractivity contribution in [2.45, 2.75) is 13.1 Å². The molecule has 0 radical (unpaired) electrons. The summed E-state index contributed by atoms with van der Waals surface area (Å²) in [6, 6.07) is 12.2. The van der Waals surface area contributed by atoms with E-state index in [1.807, 2.05) is 31.2 Å². The number of aromatic amines is 1. The number of benzene rings is 2. The van der Waals surface area contributed by atoms with E-state index in [1.54, 1.807) is 7.05 Å². The summed E-state index contributed by atoms with van der Waals surface area (Å²) in [5.74, 6) is -0.733. The number of likely N-dealkylation sites (N-methyl/N-ethyl adjacent to an activating group) is 1. The van der Waals surface area contributed by atoms with Gasteiger partial charge in [-0.2, -0.15) is 13.2 Å². The van der Waals surface area contributed by atoms with Crippen LogP contribution in [0.25, 0.3) is 10.9 Å². The molecular formula is C21H21F3N3O2+. The molecule has 1 aromatic heterocycles. The van der Waals surface area contributed by atoms with E-state index in [1.165, 1.54) is 18.2 Å². The molecule has 0 saturated carbocycles. The van der Waals surface area contributed by atoms with E-state index >= 15 is 0 Å². The minimum Gasteiger partial charge on any atom is -0.358 e. The first kappa shape index (κ1) is 20.6. The molecule has 0 aliphatic carbocycles. The SMILES string of the molecule is Cc1[nH]c2ccccc2c1C(=O)C[NH+](C)CC(=O)Nc1ccccc1C(F)(F)F. The van der Waals surface area contributed by atoms with E-state index in [-0.39, 0.29) is 24.6 Å². The quantitative estimate of drug-likeness (QED) is 0.553. The summed E-state index contributed by atoms with van der Waals surface area (Å²) in [4.78, 5) is 28.7. The lowest BCUT2D eigenvalue weighted by molar-refractivity contribution is -0.861. The van der Waals surface area contributed by atoms with Gasteiger partial charge in [-0.1, -0.05) is 30.3 Å². The number of carbonyl (C=O) groups excluding carboxylic acids is 2. The lowest BCUT2D eigenvalue weighted by Crippen LogP contribution is -3.11. The summed E-state index contributed by atoms with van der Waals surface area (Å²) < 4.78 is 39.2. The Balaban J connectivity index is 1.67. The van der Waals surface area contributed by atoms with Crippen LogP contribution in [0.15, 0.2) is 48.5 Å². The lowest BCUT2D eigenvalue weighted by Gasteiger charge is -2.16. The fourth-order valence-electron chi connectivity index (χ4n) is 3.37. The second kappa shape index (κ2) is 8.08. The monoisotopic (exact) mass is 404 g/mol. The van der Waals surface area contributed by atoms with Crippen LogP contribution >= 0.6 is 0 Å². The zero-order valence-electron chi connectivity index (χ0n) is 16.0. The third-order valence-corrected chi connectivity index (χ3v) is 4.60. The number of halogens is 3. The third kappa shape index (κ3) is 4.65. The van der Waals surface area contributed by atoms with Gasteiger partial charge in [0.15, 0.2) is 6.54 Å². The van der Waals surface area contributed by atoms with Gasteiger partial charge in [0.05, 0.1) is 23.9 Å². The standard InChI is InChI=1S/C21H20F3N3O2/c1-13-20(14-7-3-5-9-16(14)25-13)18(28)11-27(2)12-19(29)26-17-10-6-4-8-15(17)21(22,23)24/h3-10,25H,11-12H2,1-2H3,(H,26,29)/p+1. The first-order valence-corrected chi connectivity index (χ1v) is 9.04. The Morgan fingerprint density at radius 2 is 1.69 bits per heavy atom. The molecule has 8 heteroatoms. The molecule has 3 rings (SSSR count). The summed E-state index contributed by atoms with van der Waals surface area (Å²) in [7, 11) is 1.65. The number of para-hydroxylation sites is 2. The highest BCUT2D eigenvalue weighted by Gasteiger charge is 2.33. The molecule has 1 unspecified atom stereocenters. The number of aryl methyl sites for hydroxylation is 1. The van der Waals surface area contributed by atoms with Crippen molar-refractivity contribution in [3.05, 3.63) is 65.4 Å². The highest BCUT2D eigenvalue weighted by atomic mass is 19.4. The van der Waals surface area contributed by atoms with Gasteiger partial charge in [-0.25, -0.2) is 0 Å². The molecule has 152 valence electrons. The first-order chi connectivity index (χ1) is 13.7. The molecule has 29 heavy (non-hydrogen) atoms. The number of alkyl halides is 3. The van der Waals surface area contributed by atoms with Crippen LogP contribution in [0, 0.1) is 6.92 Å². The van der Waals surface area contributed by atoms with Crippen molar-refractivity contribution in [3.63, 3.8) is 0 Å². The number of hydrogen-bond donors (Lipinski definition) is 3. The number of quaternary nitrogens is 1. The number of rotatable bonds is 6. The van der Waals surface area contributed by atoms with Gasteiger partial charge < -0.3 is 15.2 Å². The molecule has 0 aliphatic rings. The third-order valence-electron chi connectivity index (χ3n) is 4.60. The molecule has 1 atom stereocenters. The summed E-state index contributed by atoms with van der Waals surface area (Å²) in [5, 5.41) is 3.11. The van der Waals surface area contributed by atoms with Crippen LogP contribution in [0.4, 0.5) is 18.9 Å². The van der Waals surface area contributed by atoms with E-state index in [2.05, 4.69) is 10.3 Å². The van der Waals surface area contributed by atoms with Crippen molar-refractivity contribution in [1.82, 2.24) is 4.98 Å². The second-order valence-corrected chi connectivity index (χ2v) is 7.00. The summed E-state index contributed by atoms with van der Waals surface area (Å²) in [6.45, 7) is 1.71. The molecular weight excluding hydrogens is 383 g/mol. The minimum absolute atomic E-state index is 0.0387. The van der Waals surface area contributed by atoms with Gasteiger partial charge in [0.25, 0.3) is 5.91 Å². The number of ketones is 1. The predicted molar refractivity (Wildman–Crippen MR) is 104 cm³/mol. The van der Waals surface area contributed by atoms with Crippen molar-refractivity contribution < 1.29 is 27.7 Å². The molecule has 0 spiro atoms. The fraction of sp³-hybridized carbons (Fsp3) is 0.238. The van der Waals surface area contributed by atoms with E-state index < -0.39 is 17.6 Å². The number of H-pyrrole nitrogens is 1. The van der Waals surface area contributed by atoms with Crippen molar-refractivity contribution in [3.8, 4) is 0 Å². The van der Waals surface area contributed by atoms with E-state index in [0.29, 0.717) is 10.5 Å². The van der Waals surface area contributed by atoms with Crippen LogP contribution in [0.5, 0.6) is 0 Å². The van der Waals surface area contributed by atoms with Crippen LogP contribution in [0.1, 0.15) is 21.6 Å². The van der Waals surface area contributed by atoms with Crippen LogP contribution in [-0.4, -0.2) is 36.8 Å². The topological polar surface area (TPSA) is 66.4 Å². The maximum Gasteiger partial charge on any atom is 0.418 e. The molecule has 3 aromatic rings. The molecule has 5 nitrogen and oxygen atoms in total. The molecule has 0 saturated heterocycles. The predicted octanol–water partition coefficient (Wildman–Crippen LogP) is 2.83. The average molecular weight is 404 g/mol. The van der Waals surface area contributed by atoms with Crippen LogP contribution in [-0.2, 0) is 11.0 Å². The maximum atomic E-state index is 13.1. The lowest BCUT2D eigenvalue weighted by atomic mass is 10.1. The number of fused-ring (bicyclic) bond motifs is 1. The fourth-order valence-corrected chi connectivity index (χ4v) is 3.37. The van der Waals surface area contributed by atoms with E-state index in [0.717, 1.165) is 22.7 Å². The molecule has 0 fully saturated rings. The Labute approximate surface area is 165 Å². The number of hydrogen-bond acceptors (Lipinski definition) is 2. The Morgan fingerprint density at radius 1 is 1.03 bits per heavy atom. The van der Waals surface area contributed by atoms with Gasteiger partial charge in [-0.3, -0.25) is 9.59 Å². The largest absolute Gasteiger partial charge is 0.418 e. The van der Waals surface area contributed by atoms with Gasteiger partial charge >= 0.3 is 6.18 Å². The number of amides is 1. The molecule has 1 heterocycles. The second-order valence-electron chi connectivity index (χ2n) is 7.00. The number of Topliss-reactive ketones (excluding diaryl/α,β-unsaturated/α-hetero) is 1. The zero-order valence-corrected chi connectivity index (χ0v) is 16.0. The smallest absolute Gasteiger partial charge is 0.358 e. The maximum absolute atomic E-state index is 13.1. The Hall–Kier alpha value is -3.13. The molecule has 2 aromatic carbocycles. The normalized spacial score (nSPS) is 12.7. The van der Waals surface area contributed by atoms with Crippen molar-refractivity contribution in [1.29, 1.82) is 0 Å². The molecule has 0 bridgehead atoms. The number of aromatic nitrogens is 1. The van der Waals surface area contributed by atoms with Gasteiger partial charge in [0.1, 0.15) is 6.54 Å². The average Bonchev–Trinajstić information content (AvgIpc) is 2.96. The van der Waals surface area contributed by atoms with Crippen molar-refractivity contribution >= 4 is 28.3 Å². The first-order valence-electron chi connectivity index (χ1n) is 9.04. The van der Waals surface area contributed by atoms with Gasteiger partial charge in [0.2, 0.25) is 5.78 Å². The minimum atomic E-state index is -4.56. The van der Waals surface area contributed by atoms with Crippen LogP contribution in [0.2, 0.25) is 0 Å². The van der Waals surface area contributed by atoms with Gasteiger partial charge in [-0.15, -0.1) is 0 Å². The van der Waals surface area contributed by atoms with Gasteiger partial charge in [0, 0.05) is 16.6 Å². The molecule has 1 amide bonds. The van der Waals surface area contributed by atoms with Crippen molar-refractivity contribution in [2.75, 3.05) is 25.5 Å². The summed E-state index contributed by atoms with van der Waals surface area (Å²) >= 11 is 0. The Bertz CT molecular complexity index is 1060. The Kier molecular flexibility index (Phi) is 5.74. The van der Waals surface area contributed by atoms with Crippen LogP contribution < -0.4 is 10.2 Å². The highest BCUT2D eigenvalue weighted by Crippen LogP contribution is 2.34. The van der Waals surface area contributed by atoms with E-state index in [9.17, 15) is 22.8 Å². The number of carbonyl (C=O) groups is 2. The Morgan fingerprint density at radius 3 is 2.41 bits per heavy atom. The zero-order chi connectivity index (χ0) is 21.2. The summed E-state index contributed by atoms with van der Waals surface area (Å²) in [6.07, 6.45) is -4.56.